The molecule has 1 aliphatic rings. The molecule has 2 aromatic rings. The largest absolute Gasteiger partial charge is 0.478 e. The Bertz CT molecular complexity index is 887. The number of halogens is 5. The zero-order valence-electron chi connectivity index (χ0n) is 15.8. The average molecular weight is 431 g/mol. The molecule has 1 saturated heterocycles. The lowest BCUT2D eigenvalue weighted by Gasteiger charge is -2.39. The second-order valence-electron chi connectivity index (χ2n) is 7.12. The standard InChI is InChI=1S/C20H19ClF4N2O2/c1-20(2,29-12-6-4-3-5-7-12)19(28)27-10-8-26(9-11-27)18-16(24)14(22)13(21)15(23)17(18)25/h3-7H,8-11H2,1-2H3. The van der Waals surface area contributed by atoms with Crippen molar-refractivity contribution in [1.82, 2.24) is 4.90 Å². The predicted octanol–water partition coefficient (Wildman–Crippen LogP) is 4.40. The fraction of sp³-hybridized carbons (Fsp3) is 0.350. The average Bonchev–Trinajstić information content (AvgIpc) is 2.71. The van der Waals surface area contributed by atoms with Crippen LogP contribution in [0, 0.1) is 23.3 Å². The lowest BCUT2D eigenvalue weighted by molar-refractivity contribution is -0.145. The molecular formula is C20H19ClF4N2O2. The van der Waals surface area contributed by atoms with E-state index >= 15 is 0 Å². The van der Waals surface area contributed by atoms with Gasteiger partial charge in [0, 0.05) is 26.2 Å². The van der Waals surface area contributed by atoms with Gasteiger partial charge in [0.2, 0.25) is 0 Å². The van der Waals surface area contributed by atoms with E-state index < -0.39 is 39.6 Å². The highest BCUT2D eigenvalue weighted by Gasteiger charge is 2.37. The first-order valence-corrected chi connectivity index (χ1v) is 9.31. The number of ether oxygens (including phenoxy) is 1. The van der Waals surface area contributed by atoms with Crippen molar-refractivity contribution in [3.05, 3.63) is 58.6 Å². The van der Waals surface area contributed by atoms with Crippen LogP contribution in [0.2, 0.25) is 5.02 Å². The number of hydrogen-bond donors (Lipinski definition) is 0. The molecule has 0 aromatic heterocycles. The maximum absolute atomic E-state index is 14.2. The molecule has 4 nitrogen and oxygen atoms in total. The normalized spacial score (nSPS) is 14.9. The summed E-state index contributed by atoms with van der Waals surface area (Å²) < 4.78 is 61.6. The van der Waals surface area contributed by atoms with Gasteiger partial charge in [-0.05, 0) is 26.0 Å². The number of nitrogens with zero attached hydrogens (tertiary/aromatic N) is 2. The molecule has 0 N–H and O–H groups in total. The number of para-hydroxylation sites is 1. The molecular weight excluding hydrogens is 412 g/mol. The molecule has 0 saturated carbocycles. The van der Waals surface area contributed by atoms with Crippen LogP contribution >= 0.6 is 11.6 Å². The summed E-state index contributed by atoms with van der Waals surface area (Å²) >= 11 is 5.27. The second kappa shape index (κ2) is 8.10. The van der Waals surface area contributed by atoms with Crippen LogP contribution in [-0.2, 0) is 4.79 Å². The molecule has 0 bridgehead atoms. The van der Waals surface area contributed by atoms with Crippen molar-refractivity contribution in [3.8, 4) is 5.75 Å². The molecule has 0 radical (unpaired) electrons. The number of piperazine rings is 1. The van der Waals surface area contributed by atoms with E-state index in [1.807, 2.05) is 6.07 Å². The van der Waals surface area contributed by atoms with Crippen molar-refractivity contribution < 1.29 is 27.1 Å². The first kappa shape index (κ1) is 21.2. The Morgan fingerprint density at radius 1 is 0.931 bits per heavy atom. The quantitative estimate of drug-likeness (QED) is 0.409. The van der Waals surface area contributed by atoms with Crippen molar-refractivity contribution in [3.63, 3.8) is 0 Å². The number of amides is 1. The maximum Gasteiger partial charge on any atom is 0.266 e. The monoisotopic (exact) mass is 430 g/mol. The molecule has 2 aromatic carbocycles. The third-order valence-electron chi connectivity index (χ3n) is 4.70. The Kier molecular flexibility index (Phi) is 5.93. The summed E-state index contributed by atoms with van der Waals surface area (Å²) in [7, 11) is 0. The molecule has 0 aliphatic carbocycles. The predicted molar refractivity (Wildman–Crippen MR) is 101 cm³/mol. The topological polar surface area (TPSA) is 32.8 Å². The van der Waals surface area contributed by atoms with Gasteiger partial charge < -0.3 is 14.5 Å². The smallest absolute Gasteiger partial charge is 0.266 e. The lowest BCUT2D eigenvalue weighted by Crippen LogP contribution is -2.56. The lowest BCUT2D eigenvalue weighted by atomic mass is 10.1. The summed E-state index contributed by atoms with van der Waals surface area (Å²) in [5.41, 5.74) is -1.99. The van der Waals surface area contributed by atoms with E-state index in [9.17, 15) is 22.4 Å². The molecule has 0 atom stereocenters. The number of rotatable bonds is 4. The third-order valence-corrected chi connectivity index (χ3v) is 5.03. The van der Waals surface area contributed by atoms with Gasteiger partial charge in [-0.3, -0.25) is 4.79 Å². The van der Waals surface area contributed by atoms with Crippen LogP contribution in [0.15, 0.2) is 30.3 Å². The van der Waals surface area contributed by atoms with E-state index in [2.05, 4.69) is 0 Å². The van der Waals surface area contributed by atoms with Crippen LogP contribution in [-0.4, -0.2) is 42.6 Å². The molecule has 1 fully saturated rings. The fourth-order valence-electron chi connectivity index (χ4n) is 3.21. The summed E-state index contributed by atoms with van der Waals surface area (Å²) in [4.78, 5) is 15.5. The van der Waals surface area contributed by atoms with Crippen LogP contribution in [0.25, 0.3) is 0 Å². The van der Waals surface area contributed by atoms with Crippen LogP contribution in [0.3, 0.4) is 0 Å². The van der Waals surface area contributed by atoms with Crippen LogP contribution in [0.5, 0.6) is 5.75 Å². The molecule has 156 valence electrons. The maximum atomic E-state index is 14.2. The van der Waals surface area contributed by atoms with Gasteiger partial charge in [-0.15, -0.1) is 0 Å². The summed E-state index contributed by atoms with van der Waals surface area (Å²) in [5.74, 6) is -6.17. The van der Waals surface area contributed by atoms with Crippen molar-refractivity contribution in [2.24, 2.45) is 0 Å². The number of carbonyl (C=O) groups is 1. The van der Waals surface area contributed by atoms with E-state index in [1.165, 1.54) is 4.90 Å². The van der Waals surface area contributed by atoms with Gasteiger partial charge in [0.15, 0.2) is 28.9 Å². The molecule has 9 heteroatoms. The second-order valence-corrected chi connectivity index (χ2v) is 7.50. The molecule has 29 heavy (non-hydrogen) atoms. The molecule has 1 amide bonds. The van der Waals surface area contributed by atoms with Gasteiger partial charge in [0.05, 0.1) is 0 Å². The number of hydrogen-bond acceptors (Lipinski definition) is 3. The minimum absolute atomic E-state index is 0.0124. The zero-order valence-corrected chi connectivity index (χ0v) is 16.6. The Hall–Kier alpha value is -2.48. The Morgan fingerprint density at radius 3 is 1.97 bits per heavy atom. The van der Waals surface area contributed by atoms with Crippen molar-refractivity contribution in [2.45, 2.75) is 19.4 Å². The number of carbonyl (C=O) groups excluding carboxylic acids is 1. The highest BCUT2D eigenvalue weighted by molar-refractivity contribution is 6.31. The highest BCUT2D eigenvalue weighted by Crippen LogP contribution is 2.34. The Labute approximate surface area is 170 Å². The fourth-order valence-corrected chi connectivity index (χ4v) is 3.38. The number of benzene rings is 2. The summed E-state index contributed by atoms with van der Waals surface area (Å²) in [5, 5.41) is -1.22. The highest BCUT2D eigenvalue weighted by atomic mass is 35.5. The first-order valence-electron chi connectivity index (χ1n) is 8.93. The number of anilines is 1. The van der Waals surface area contributed by atoms with Gasteiger partial charge in [0.1, 0.15) is 16.5 Å². The molecule has 3 rings (SSSR count). The first-order chi connectivity index (χ1) is 13.6. The zero-order chi connectivity index (χ0) is 21.3. The van der Waals surface area contributed by atoms with Crippen molar-refractivity contribution in [2.75, 3.05) is 31.1 Å². The van der Waals surface area contributed by atoms with Gasteiger partial charge in [-0.2, -0.15) is 0 Å². The van der Waals surface area contributed by atoms with E-state index in [-0.39, 0.29) is 32.1 Å². The summed E-state index contributed by atoms with van der Waals surface area (Å²) in [6.07, 6.45) is 0. The van der Waals surface area contributed by atoms with E-state index in [0.29, 0.717) is 5.75 Å². The van der Waals surface area contributed by atoms with Crippen LogP contribution in [0.1, 0.15) is 13.8 Å². The Balaban J connectivity index is 1.72. The van der Waals surface area contributed by atoms with Gasteiger partial charge in [-0.1, -0.05) is 29.8 Å². The van der Waals surface area contributed by atoms with Gasteiger partial charge >= 0.3 is 0 Å². The minimum Gasteiger partial charge on any atom is -0.478 e. The van der Waals surface area contributed by atoms with Crippen molar-refractivity contribution >= 4 is 23.2 Å². The SMILES string of the molecule is CC(C)(Oc1ccccc1)C(=O)N1CCN(c2c(F)c(F)c(Cl)c(F)c2F)CC1. The molecule has 1 aliphatic heterocycles. The van der Waals surface area contributed by atoms with E-state index in [1.54, 1.807) is 38.1 Å². The Morgan fingerprint density at radius 2 is 1.45 bits per heavy atom. The van der Waals surface area contributed by atoms with E-state index in [4.69, 9.17) is 16.3 Å². The van der Waals surface area contributed by atoms with E-state index in [0.717, 1.165) is 4.90 Å². The van der Waals surface area contributed by atoms with Crippen molar-refractivity contribution in [1.29, 1.82) is 0 Å². The molecule has 0 unspecified atom stereocenters. The summed E-state index contributed by atoms with van der Waals surface area (Å²) in [6.45, 7) is 3.43. The molecule has 0 spiro atoms. The molecule has 1 heterocycles. The van der Waals surface area contributed by atoms with Gasteiger partial charge in [-0.25, -0.2) is 17.6 Å². The van der Waals surface area contributed by atoms with Gasteiger partial charge in [0.25, 0.3) is 5.91 Å². The van der Waals surface area contributed by atoms with Crippen LogP contribution < -0.4 is 9.64 Å². The summed E-state index contributed by atoms with van der Waals surface area (Å²) in [6, 6.07) is 8.83. The third kappa shape index (κ3) is 4.12. The minimum atomic E-state index is -1.64. The van der Waals surface area contributed by atoms with Crippen LogP contribution in [0.4, 0.5) is 23.2 Å².